The molecule has 1 heteroatoms. The molecule has 0 heterocycles. The maximum absolute atomic E-state index is 6.17. The number of allylic oxidation sites excluding steroid dienone is 4. The first kappa shape index (κ1) is 10.5. The Hall–Kier alpha value is -1.01. The predicted octanol–water partition coefficient (Wildman–Crippen LogP) is 4.38. The van der Waals surface area contributed by atoms with Crippen LogP contribution in [0.1, 0.15) is 24.5 Å². The first-order valence-corrected chi connectivity index (χ1v) is 5.63. The van der Waals surface area contributed by atoms with Crippen molar-refractivity contribution in [3.05, 3.63) is 57.6 Å². The van der Waals surface area contributed by atoms with Gasteiger partial charge in [0.1, 0.15) is 0 Å². The van der Waals surface area contributed by atoms with Crippen molar-refractivity contribution in [1.29, 1.82) is 0 Å². The summed E-state index contributed by atoms with van der Waals surface area (Å²) in [7, 11) is 0. The van der Waals surface area contributed by atoms with Crippen LogP contribution >= 0.6 is 11.6 Å². The molecule has 1 aliphatic rings. The van der Waals surface area contributed by atoms with Gasteiger partial charge in [-0.05, 0) is 43.9 Å². The number of aryl methyl sites for hydroxylation is 1. The van der Waals surface area contributed by atoms with Crippen molar-refractivity contribution in [2.75, 3.05) is 0 Å². The molecular formula is C14H15Cl. The van der Waals surface area contributed by atoms with E-state index in [9.17, 15) is 0 Å². The van der Waals surface area contributed by atoms with Crippen molar-refractivity contribution in [3.63, 3.8) is 0 Å². The van der Waals surface area contributed by atoms with E-state index in [1.165, 1.54) is 22.3 Å². The summed E-state index contributed by atoms with van der Waals surface area (Å²) in [4.78, 5) is 0. The van der Waals surface area contributed by atoms with Crippen LogP contribution in [-0.4, -0.2) is 0 Å². The molecule has 0 saturated carbocycles. The molecular weight excluding hydrogens is 204 g/mol. The Labute approximate surface area is 96.3 Å². The van der Waals surface area contributed by atoms with Gasteiger partial charge in [-0.3, -0.25) is 0 Å². The number of halogens is 1. The largest absolute Gasteiger partial charge is 0.0844 e. The molecule has 0 fully saturated rings. The Morgan fingerprint density at radius 2 is 2.07 bits per heavy atom. The second kappa shape index (κ2) is 4.24. The van der Waals surface area contributed by atoms with E-state index in [-0.39, 0.29) is 0 Å². The first-order chi connectivity index (χ1) is 7.15. The zero-order valence-electron chi connectivity index (χ0n) is 9.18. The number of rotatable bonds is 2. The van der Waals surface area contributed by atoms with Gasteiger partial charge < -0.3 is 0 Å². The summed E-state index contributed by atoms with van der Waals surface area (Å²) < 4.78 is 0. The molecule has 2 rings (SSSR count). The molecule has 0 bridgehead atoms. The van der Waals surface area contributed by atoms with Crippen LogP contribution in [0, 0.1) is 6.92 Å². The lowest BCUT2D eigenvalue weighted by atomic mass is 10.0. The smallest absolute Gasteiger partial charge is 0.0404 e. The van der Waals surface area contributed by atoms with Crippen molar-refractivity contribution in [2.24, 2.45) is 0 Å². The average molecular weight is 219 g/mol. The second-order valence-corrected chi connectivity index (χ2v) is 4.69. The summed E-state index contributed by atoms with van der Waals surface area (Å²) in [5, 5.41) is 0.939. The number of hydrogen-bond donors (Lipinski definition) is 0. The lowest BCUT2D eigenvalue weighted by molar-refractivity contribution is 1.04. The summed E-state index contributed by atoms with van der Waals surface area (Å²) >= 11 is 6.17. The molecule has 0 N–H and O–H groups in total. The van der Waals surface area contributed by atoms with Crippen molar-refractivity contribution in [3.8, 4) is 0 Å². The van der Waals surface area contributed by atoms with Gasteiger partial charge in [-0.2, -0.15) is 0 Å². The molecule has 0 nitrogen and oxygen atoms in total. The fourth-order valence-electron chi connectivity index (χ4n) is 2.01. The van der Waals surface area contributed by atoms with Crippen LogP contribution in [0.25, 0.3) is 0 Å². The Bertz CT molecular complexity index is 438. The average Bonchev–Trinajstić information content (AvgIpc) is 2.45. The molecule has 15 heavy (non-hydrogen) atoms. The Morgan fingerprint density at radius 1 is 1.27 bits per heavy atom. The summed E-state index contributed by atoms with van der Waals surface area (Å²) in [6, 6.07) is 8.62. The molecule has 1 aliphatic carbocycles. The molecule has 1 aromatic carbocycles. The summed E-state index contributed by atoms with van der Waals surface area (Å²) in [5.74, 6) is 0. The highest BCUT2D eigenvalue weighted by molar-refractivity contribution is 6.32. The minimum atomic E-state index is 0.939. The van der Waals surface area contributed by atoms with Crippen molar-refractivity contribution in [2.45, 2.75) is 26.7 Å². The molecule has 0 radical (unpaired) electrons. The van der Waals surface area contributed by atoms with Crippen LogP contribution < -0.4 is 0 Å². The quantitative estimate of drug-likeness (QED) is 0.691. The van der Waals surface area contributed by atoms with Gasteiger partial charge in [-0.25, -0.2) is 0 Å². The Balaban J connectivity index is 2.14. The van der Waals surface area contributed by atoms with Gasteiger partial charge in [0.05, 0.1) is 0 Å². The normalized spacial score (nSPS) is 15.8. The topological polar surface area (TPSA) is 0 Å². The molecule has 0 spiro atoms. The third-order valence-electron chi connectivity index (χ3n) is 2.70. The van der Waals surface area contributed by atoms with Crippen LogP contribution in [0.4, 0.5) is 0 Å². The molecule has 0 amide bonds. The minimum absolute atomic E-state index is 0.939. The number of benzene rings is 1. The summed E-state index contributed by atoms with van der Waals surface area (Å²) in [6.45, 7) is 4.25. The second-order valence-electron chi connectivity index (χ2n) is 4.28. The fraction of sp³-hybridized carbons (Fsp3) is 0.286. The van der Waals surface area contributed by atoms with Gasteiger partial charge in [-0.15, -0.1) is 0 Å². The van der Waals surface area contributed by atoms with Crippen LogP contribution in [0.5, 0.6) is 0 Å². The highest BCUT2D eigenvalue weighted by Crippen LogP contribution is 2.30. The molecule has 0 saturated heterocycles. The third kappa shape index (κ3) is 2.51. The zero-order valence-corrected chi connectivity index (χ0v) is 9.93. The molecule has 1 aromatic rings. The molecule has 78 valence electrons. The van der Waals surface area contributed by atoms with Crippen LogP contribution in [0.2, 0.25) is 0 Å². The highest BCUT2D eigenvalue weighted by atomic mass is 35.5. The maximum Gasteiger partial charge on any atom is 0.0404 e. The van der Waals surface area contributed by atoms with Gasteiger partial charge >= 0.3 is 0 Å². The van der Waals surface area contributed by atoms with Crippen molar-refractivity contribution < 1.29 is 0 Å². The molecule has 0 aromatic heterocycles. The Morgan fingerprint density at radius 3 is 2.67 bits per heavy atom. The summed E-state index contributed by atoms with van der Waals surface area (Å²) in [5.41, 5.74) is 5.38. The zero-order chi connectivity index (χ0) is 10.8. The highest BCUT2D eigenvalue weighted by Gasteiger charge is 2.11. The van der Waals surface area contributed by atoms with E-state index >= 15 is 0 Å². The van der Waals surface area contributed by atoms with Crippen LogP contribution in [0.3, 0.4) is 0 Å². The molecule has 0 aliphatic heterocycles. The maximum atomic E-state index is 6.17. The first-order valence-electron chi connectivity index (χ1n) is 5.25. The van der Waals surface area contributed by atoms with E-state index in [0.29, 0.717) is 0 Å². The van der Waals surface area contributed by atoms with Gasteiger partial charge in [-0.1, -0.05) is 47.0 Å². The monoisotopic (exact) mass is 218 g/mol. The van der Waals surface area contributed by atoms with Crippen molar-refractivity contribution >= 4 is 11.6 Å². The molecule has 0 atom stereocenters. The van der Waals surface area contributed by atoms with Gasteiger partial charge in [0.25, 0.3) is 0 Å². The van der Waals surface area contributed by atoms with E-state index in [1.807, 2.05) is 0 Å². The van der Waals surface area contributed by atoms with Crippen LogP contribution in [-0.2, 0) is 6.42 Å². The lowest BCUT2D eigenvalue weighted by Crippen LogP contribution is -1.90. The lowest BCUT2D eigenvalue weighted by Gasteiger charge is -2.05. The van der Waals surface area contributed by atoms with Gasteiger partial charge in [0.15, 0.2) is 0 Å². The SMILES string of the molecule is CC1=CC(Cl)=C(Cc2cccc(C)c2)C1. The minimum Gasteiger partial charge on any atom is -0.0844 e. The fourth-order valence-corrected chi connectivity index (χ4v) is 2.33. The van der Waals surface area contributed by atoms with Gasteiger partial charge in [0, 0.05) is 5.03 Å². The number of hydrogen-bond acceptors (Lipinski definition) is 0. The van der Waals surface area contributed by atoms with E-state index < -0.39 is 0 Å². The van der Waals surface area contributed by atoms with E-state index in [2.05, 4.69) is 44.2 Å². The van der Waals surface area contributed by atoms with E-state index in [1.54, 1.807) is 0 Å². The van der Waals surface area contributed by atoms with Gasteiger partial charge in [0.2, 0.25) is 0 Å². The summed E-state index contributed by atoms with van der Waals surface area (Å²) in [6.07, 6.45) is 4.09. The Kier molecular flexibility index (Phi) is 2.97. The third-order valence-corrected chi connectivity index (χ3v) is 3.08. The predicted molar refractivity (Wildman–Crippen MR) is 66.1 cm³/mol. The standard InChI is InChI=1S/C14H15Cl/c1-10-4-3-5-12(6-10)9-13-7-11(2)8-14(13)15/h3-6,8H,7,9H2,1-2H3. The van der Waals surface area contributed by atoms with E-state index in [4.69, 9.17) is 11.6 Å². The molecule has 0 unspecified atom stereocenters. The van der Waals surface area contributed by atoms with Crippen LogP contribution in [0.15, 0.2) is 46.5 Å². The van der Waals surface area contributed by atoms with E-state index in [0.717, 1.165) is 17.9 Å². The van der Waals surface area contributed by atoms with Crippen molar-refractivity contribution in [1.82, 2.24) is 0 Å².